The number of likely N-dealkylation sites (tertiary alicyclic amines) is 1. The molecule has 1 fully saturated rings. The lowest BCUT2D eigenvalue weighted by molar-refractivity contribution is -0.154. The second kappa shape index (κ2) is 11.1. The van der Waals surface area contributed by atoms with Gasteiger partial charge in [0.2, 0.25) is 5.91 Å². The highest BCUT2D eigenvalue weighted by Gasteiger charge is 2.51. The third-order valence-corrected chi connectivity index (χ3v) is 7.89. The Labute approximate surface area is 206 Å². The average molecular weight is 492 g/mol. The van der Waals surface area contributed by atoms with Crippen molar-refractivity contribution in [2.45, 2.75) is 58.0 Å². The summed E-state index contributed by atoms with van der Waals surface area (Å²) in [5, 5.41) is 1.29. The van der Waals surface area contributed by atoms with Crippen LogP contribution in [0.3, 0.4) is 0 Å². The van der Waals surface area contributed by atoms with Crippen molar-refractivity contribution in [1.82, 2.24) is 9.88 Å². The van der Waals surface area contributed by atoms with Crippen molar-refractivity contribution in [2.75, 3.05) is 11.5 Å². The Bertz CT molecular complexity index is 936. The number of allylic oxidation sites excluding steroid dienone is 1. The molecule has 2 heterocycles. The van der Waals surface area contributed by atoms with Crippen molar-refractivity contribution in [3.05, 3.63) is 76.6 Å². The van der Waals surface area contributed by atoms with Crippen LogP contribution in [0.1, 0.15) is 63.3 Å². The zero-order chi connectivity index (χ0) is 23.3. The standard InChI is InChI=1S/C26H32Cl2N2OS/c1-5-13-26(4)15-22(18-9-8-10-19(27)14-18)24(23-12-11-20(28)16-29-23)30(25(26)31)21(6-2)17-32-7-3/h5,8-12,14,16,21-22,24H,1,6-7,13,15,17H2,2-4H3. The van der Waals surface area contributed by atoms with Crippen molar-refractivity contribution in [1.29, 1.82) is 0 Å². The number of benzene rings is 1. The van der Waals surface area contributed by atoms with Gasteiger partial charge >= 0.3 is 0 Å². The Morgan fingerprint density at radius 2 is 2.06 bits per heavy atom. The molecule has 0 radical (unpaired) electrons. The number of carbonyl (C=O) groups is 1. The molecule has 1 amide bonds. The number of amides is 1. The second-order valence-electron chi connectivity index (χ2n) is 8.70. The largest absolute Gasteiger partial charge is 0.329 e. The molecule has 3 nitrogen and oxygen atoms in total. The molecule has 1 saturated heterocycles. The first-order valence-corrected chi connectivity index (χ1v) is 13.1. The third-order valence-electron chi connectivity index (χ3n) is 6.41. The zero-order valence-electron chi connectivity index (χ0n) is 19.1. The smallest absolute Gasteiger partial charge is 0.229 e. The minimum Gasteiger partial charge on any atom is -0.329 e. The molecule has 1 aliphatic rings. The highest BCUT2D eigenvalue weighted by molar-refractivity contribution is 7.99. The molecule has 3 rings (SSSR count). The predicted molar refractivity (Wildman–Crippen MR) is 138 cm³/mol. The highest BCUT2D eigenvalue weighted by atomic mass is 35.5. The van der Waals surface area contributed by atoms with E-state index in [1.165, 1.54) is 0 Å². The van der Waals surface area contributed by atoms with Crippen LogP contribution in [0.2, 0.25) is 10.0 Å². The Kier molecular flexibility index (Phi) is 8.71. The van der Waals surface area contributed by atoms with E-state index < -0.39 is 5.41 Å². The Hall–Kier alpha value is -1.49. The van der Waals surface area contributed by atoms with Crippen LogP contribution in [0.5, 0.6) is 0 Å². The van der Waals surface area contributed by atoms with Crippen LogP contribution in [0, 0.1) is 5.41 Å². The van der Waals surface area contributed by atoms with E-state index in [0.717, 1.165) is 29.2 Å². The summed E-state index contributed by atoms with van der Waals surface area (Å²) in [7, 11) is 0. The molecule has 2 aromatic rings. The van der Waals surface area contributed by atoms with Crippen LogP contribution < -0.4 is 0 Å². The predicted octanol–water partition coefficient (Wildman–Crippen LogP) is 7.56. The fourth-order valence-corrected chi connectivity index (χ4v) is 6.01. The van der Waals surface area contributed by atoms with Crippen molar-refractivity contribution in [3.8, 4) is 0 Å². The molecular formula is C26H32Cl2N2OS. The fraction of sp³-hybridized carbons (Fsp3) is 0.462. The number of carbonyl (C=O) groups excluding carboxylic acids is 1. The van der Waals surface area contributed by atoms with Gasteiger partial charge in [0.1, 0.15) is 0 Å². The van der Waals surface area contributed by atoms with Gasteiger partial charge in [-0.15, -0.1) is 6.58 Å². The monoisotopic (exact) mass is 490 g/mol. The molecule has 0 spiro atoms. The Balaban J connectivity index is 2.20. The van der Waals surface area contributed by atoms with E-state index in [1.54, 1.807) is 6.20 Å². The van der Waals surface area contributed by atoms with Crippen LogP contribution in [-0.2, 0) is 4.79 Å². The van der Waals surface area contributed by atoms with Crippen molar-refractivity contribution in [2.24, 2.45) is 5.41 Å². The van der Waals surface area contributed by atoms with E-state index in [2.05, 4.69) is 43.3 Å². The van der Waals surface area contributed by atoms with Gasteiger partial charge in [-0.25, -0.2) is 0 Å². The van der Waals surface area contributed by atoms with Crippen LogP contribution in [-0.4, -0.2) is 33.3 Å². The Morgan fingerprint density at radius 1 is 1.28 bits per heavy atom. The number of thioether (sulfide) groups is 1. The van der Waals surface area contributed by atoms with E-state index >= 15 is 0 Å². The minimum absolute atomic E-state index is 0.0608. The molecule has 6 heteroatoms. The molecular weight excluding hydrogens is 459 g/mol. The van der Waals surface area contributed by atoms with Crippen molar-refractivity contribution in [3.63, 3.8) is 0 Å². The normalized spacial score (nSPS) is 24.4. The number of aromatic nitrogens is 1. The summed E-state index contributed by atoms with van der Waals surface area (Å²) < 4.78 is 0. The summed E-state index contributed by atoms with van der Waals surface area (Å²) in [6.45, 7) is 10.3. The zero-order valence-corrected chi connectivity index (χ0v) is 21.4. The highest BCUT2D eigenvalue weighted by Crippen LogP contribution is 2.52. The van der Waals surface area contributed by atoms with E-state index in [9.17, 15) is 4.79 Å². The van der Waals surface area contributed by atoms with E-state index in [0.29, 0.717) is 22.9 Å². The molecule has 4 atom stereocenters. The van der Waals surface area contributed by atoms with Crippen LogP contribution in [0.4, 0.5) is 0 Å². The SMILES string of the molecule is C=CCC1(C)CC(c2cccc(Cl)c2)C(c2ccc(Cl)cn2)N(C(CC)CSCC)C1=O. The summed E-state index contributed by atoms with van der Waals surface area (Å²) in [4.78, 5) is 20.9. The quantitative estimate of drug-likeness (QED) is 0.340. The molecule has 0 bridgehead atoms. The molecule has 1 aliphatic heterocycles. The number of rotatable bonds is 9. The van der Waals surface area contributed by atoms with Crippen molar-refractivity contribution >= 4 is 40.9 Å². The molecule has 1 aromatic heterocycles. The van der Waals surface area contributed by atoms with Gasteiger partial charge in [-0.05, 0) is 54.8 Å². The fourth-order valence-electron chi connectivity index (χ4n) is 4.80. The van der Waals surface area contributed by atoms with Gasteiger partial charge in [-0.1, -0.05) is 62.2 Å². The lowest BCUT2D eigenvalue weighted by atomic mass is 9.67. The number of hydrogen-bond donors (Lipinski definition) is 0. The molecule has 0 aliphatic carbocycles. The van der Waals surface area contributed by atoms with Gasteiger partial charge < -0.3 is 4.90 Å². The first-order chi connectivity index (χ1) is 15.3. The van der Waals surface area contributed by atoms with Crippen molar-refractivity contribution < 1.29 is 4.79 Å². The van der Waals surface area contributed by atoms with Gasteiger partial charge in [0.05, 0.1) is 22.2 Å². The number of halogens is 2. The summed E-state index contributed by atoms with van der Waals surface area (Å²) in [6.07, 6.45) is 5.77. The number of hydrogen-bond acceptors (Lipinski definition) is 3. The van der Waals surface area contributed by atoms with E-state index in [1.807, 2.05) is 48.2 Å². The van der Waals surface area contributed by atoms with Gasteiger partial charge in [-0.2, -0.15) is 11.8 Å². The molecule has 172 valence electrons. The first kappa shape index (κ1) is 25.1. The van der Waals surface area contributed by atoms with Gasteiger partial charge in [0.15, 0.2) is 0 Å². The summed E-state index contributed by atoms with van der Waals surface area (Å²) in [5.74, 6) is 2.16. The van der Waals surface area contributed by atoms with Gasteiger partial charge in [-0.3, -0.25) is 9.78 Å². The number of piperidine rings is 1. The van der Waals surface area contributed by atoms with Crippen LogP contribution in [0.15, 0.2) is 55.3 Å². The Morgan fingerprint density at radius 3 is 2.66 bits per heavy atom. The second-order valence-corrected chi connectivity index (χ2v) is 10.9. The molecule has 4 unspecified atom stereocenters. The maximum atomic E-state index is 14.1. The summed E-state index contributed by atoms with van der Waals surface area (Å²) in [5.41, 5.74) is 1.47. The van der Waals surface area contributed by atoms with Crippen LogP contribution >= 0.6 is 35.0 Å². The maximum absolute atomic E-state index is 14.1. The third kappa shape index (κ3) is 5.35. The lowest BCUT2D eigenvalue weighted by Gasteiger charge is -2.51. The van der Waals surface area contributed by atoms with Gasteiger partial charge in [0.25, 0.3) is 0 Å². The number of pyridine rings is 1. The maximum Gasteiger partial charge on any atom is 0.229 e. The van der Waals surface area contributed by atoms with Gasteiger partial charge in [0, 0.05) is 28.9 Å². The number of nitrogens with zero attached hydrogens (tertiary/aromatic N) is 2. The van der Waals surface area contributed by atoms with Crippen LogP contribution in [0.25, 0.3) is 0 Å². The molecule has 32 heavy (non-hydrogen) atoms. The average Bonchev–Trinajstić information content (AvgIpc) is 2.77. The molecule has 1 aromatic carbocycles. The summed E-state index contributed by atoms with van der Waals surface area (Å²) >= 11 is 14.4. The molecule has 0 saturated carbocycles. The summed E-state index contributed by atoms with van der Waals surface area (Å²) in [6, 6.07) is 11.8. The minimum atomic E-state index is -0.526. The topological polar surface area (TPSA) is 33.2 Å². The first-order valence-electron chi connectivity index (χ1n) is 11.2. The molecule has 0 N–H and O–H groups in total. The van der Waals surface area contributed by atoms with E-state index in [-0.39, 0.29) is 23.9 Å². The van der Waals surface area contributed by atoms with E-state index in [4.69, 9.17) is 23.2 Å². The lowest BCUT2D eigenvalue weighted by Crippen LogP contribution is -2.56.